The van der Waals surface area contributed by atoms with Crippen LogP contribution in [0.2, 0.25) is 0 Å². The summed E-state index contributed by atoms with van der Waals surface area (Å²) in [6.45, 7) is 0.520. The van der Waals surface area contributed by atoms with E-state index in [0.717, 1.165) is 72.8 Å². The van der Waals surface area contributed by atoms with Crippen LogP contribution in [-0.2, 0) is 18.5 Å². The Balaban J connectivity index is 1.50. The summed E-state index contributed by atoms with van der Waals surface area (Å²) in [4.78, 5) is 38.5. The van der Waals surface area contributed by atoms with E-state index in [1.54, 1.807) is 4.90 Å². The summed E-state index contributed by atoms with van der Waals surface area (Å²) in [6.07, 6.45) is -13.6. The highest BCUT2D eigenvalue weighted by Crippen LogP contribution is 2.31. The highest BCUT2D eigenvalue weighted by molar-refractivity contribution is 5.90. The van der Waals surface area contributed by atoms with Gasteiger partial charge in [-0.05, 0) is 72.8 Å². The van der Waals surface area contributed by atoms with E-state index in [1.165, 1.54) is 0 Å². The number of hydrogen-bond acceptors (Lipinski definition) is 4. The van der Waals surface area contributed by atoms with E-state index in [1.807, 2.05) is 0 Å². The van der Waals surface area contributed by atoms with Crippen molar-refractivity contribution in [1.82, 2.24) is 20.9 Å². The SMILES string of the molecule is O=C(NCCN(CCNC(=O)Nc1ccc(C(F)(F)F)cc1)CCNC(=O)Nc1ccc(C(F)(F)F)cc1)Nc1ccc(C(F)(F)F)cc1. The monoisotopic (exact) mass is 707 g/mol. The number of carbonyl (C=O) groups excluding carboxylic acids is 3. The second kappa shape index (κ2) is 16.8. The summed E-state index contributed by atoms with van der Waals surface area (Å²) in [5, 5.41) is 14.7. The maximum absolute atomic E-state index is 12.8. The summed E-state index contributed by atoms with van der Waals surface area (Å²) >= 11 is 0. The Kier molecular flexibility index (Phi) is 13.1. The molecule has 0 unspecified atom stereocenters. The Hall–Kier alpha value is -5.20. The van der Waals surface area contributed by atoms with E-state index in [9.17, 15) is 53.9 Å². The molecule has 19 heteroatoms. The molecular formula is C30H30F9N7O3. The molecular weight excluding hydrogens is 677 g/mol. The number of nitrogens with zero attached hydrogens (tertiary/aromatic N) is 1. The smallest absolute Gasteiger partial charge is 0.337 e. The Morgan fingerprint density at radius 2 is 0.653 bits per heavy atom. The normalized spacial score (nSPS) is 11.9. The van der Waals surface area contributed by atoms with Crippen LogP contribution in [0.25, 0.3) is 0 Å². The standard InChI is InChI=1S/C30H30F9N7O3/c31-28(32,33)19-1-7-22(8-2-19)43-25(47)40-13-16-46(17-14-41-26(48)44-23-9-3-20(4-10-23)29(34,35)36)18-15-42-27(49)45-24-11-5-21(6-12-24)30(37,38)39/h1-12H,13-18H2,(H2,40,43,47)(H2,41,44,48)(H2,42,45,49). The van der Waals surface area contributed by atoms with Gasteiger partial charge >= 0.3 is 36.6 Å². The van der Waals surface area contributed by atoms with E-state index in [-0.39, 0.29) is 56.3 Å². The number of alkyl halides is 9. The van der Waals surface area contributed by atoms with E-state index in [4.69, 9.17) is 0 Å². The second-order valence-electron chi connectivity index (χ2n) is 10.2. The Labute approximate surface area is 273 Å². The second-order valence-corrected chi connectivity index (χ2v) is 10.2. The molecule has 0 spiro atoms. The van der Waals surface area contributed by atoms with Gasteiger partial charge in [0.05, 0.1) is 16.7 Å². The van der Waals surface area contributed by atoms with Gasteiger partial charge in [-0.15, -0.1) is 0 Å². The van der Waals surface area contributed by atoms with Crippen LogP contribution in [0.5, 0.6) is 0 Å². The zero-order valence-corrected chi connectivity index (χ0v) is 25.2. The summed E-state index contributed by atoms with van der Waals surface area (Å²) in [5.41, 5.74) is -2.36. The lowest BCUT2D eigenvalue weighted by Crippen LogP contribution is -2.44. The summed E-state index contributed by atoms with van der Waals surface area (Å²) in [7, 11) is 0. The van der Waals surface area contributed by atoms with Crippen molar-refractivity contribution in [3.63, 3.8) is 0 Å². The lowest BCUT2D eigenvalue weighted by atomic mass is 10.2. The van der Waals surface area contributed by atoms with Crippen molar-refractivity contribution in [3.8, 4) is 0 Å². The molecule has 0 radical (unpaired) electrons. The maximum atomic E-state index is 12.8. The van der Waals surface area contributed by atoms with E-state index < -0.39 is 53.3 Å². The van der Waals surface area contributed by atoms with E-state index >= 15 is 0 Å². The molecule has 0 aliphatic rings. The van der Waals surface area contributed by atoms with Gasteiger partial charge in [-0.1, -0.05) is 0 Å². The summed E-state index contributed by atoms with van der Waals surface area (Å²) < 4.78 is 115. The average Bonchev–Trinajstić information content (AvgIpc) is 3.00. The third-order valence-electron chi connectivity index (χ3n) is 6.55. The maximum Gasteiger partial charge on any atom is 0.416 e. The molecule has 0 aliphatic heterocycles. The fourth-order valence-corrected chi connectivity index (χ4v) is 4.07. The molecule has 0 heterocycles. The Morgan fingerprint density at radius 3 is 0.857 bits per heavy atom. The third-order valence-corrected chi connectivity index (χ3v) is 6.55. The number of anilines is 3. The van der Waals surface area contributed by atoms with Crippen LogP contribution in [0.3, 0.4) is 0 Å². The largest absolute Gasteiger partial charge is 0.416 e. The van der Waals surface area contributed by atoms with Crippen molar-refractivity contribution in [1.29, 1.82) is 0 Å². The number of nitrogens with one attached hydrogen (secondary N) is 6. The van der Waals surface area contributed by atoms with Gasteiger partial charge in [0.1, 0.15) is 0 Å². The molecule has 3 aromatic carbocycles. The number of carbonyl (C=O) groups is 3. The number of urea groups is 3. The van der Waals surface area contributed by atoms with Crippen molar-refractivity contribution in [2.24, 2.45) is 0 Å². The van der Waals surface area contributed by atoms with Crippen molar-refractivity contribution >= 4 is 35.2 Å². The minimum atomic E-state index is -4.54. The number of benzene rings is 3. The van der Waals surface area contributed by atoms with Gasteiger partial charge in [-0.2, -0.15) is 39.5 Å². The Bertz CT molecular complexity index is 1350. The van der Waals surface area contributed by atoms with Crippen LogP contribution in [0, 0.1) is 0 Å². The lowest BCUT2D eigenvalue weighted by Gasteiger charge is -2.23. The molecule has 49 heavy (non-hydrogen) atoms. The highest BCUT2D eigenvalue weighted by Gasteiger charge is 2.31. The zero-order chi connectivity index (χ0) is 36.2. The van der Waals surface area contributed by atoms with Crippen LogP contribution in [-0.4, -0.2) is 62.3 Å². The molecule has 10 nitrogen and oxygen atoms in total. The molecule has 6 amide bonds. The van der Waals surface area contributed by atoms with Gasteiger partial charge in [0.2, 0.25) is 0 Å². The Morgan fingerprint density at radius 1 is 0.429 bits per heavy atom. The molecule has 3 aromatic rings. The predicted octanol–water partition coefficient (Wildman–Crippen LogP) is 6.81. The minimum Gasteiger partial charge on any atom is -0.337 e. The minimum absolute atomic E-state index is 0.0158. The van der Waals surface area contributed by atoms with E-state index in [2.05, 4.69) is 31.9 Å². The molecule has 6 N–H and O–H groups in total. The molecule has 0 atom stereocenters. The van der Waals surface area contributed by atoms with E-state index in [0.29, 0.717) is 0 Å². The van der Waals surface area contributed by atoms with Crippen LogP contribution in [0.4, 0.5) is 71.0 Å². The fraction of sp³-hybridized carbons (Fsp3) is 0.300. The molecule has 3 rings (SSSR count). The molecule has 0 saturated carbocycles. The first-order valence-corrected chi connectivity index (χ1v) is 14.3. The van der Waals surface area contributed by atoms with Gasteiger partial charge in [0.25, 0.3) is 0 Å². The number of rotatable bonds is 12. The number of halogens is 9. The molecule has 0 aliphatic carbocycles. The van der Waals surface area contributed by atoms with Crippen molar-refractivity contribution in [2.75, 3.05) is 55.2 Å². The first-order valence-electron chi connectivity index (χ1n) is 14.3. The van der Waals surface area contributed by atoms with Crippen molar-refractivity contribution < 1.29 is 53.9 Å². The van der Waals surface area contributed by atoms with Gasteiger partial charge in [0, 0.05) is 56.3 Å². The number of hydrogen-bond donors (Lipinski definition) is 6. The first kappa shape index (κ1) is 38.2. The first-order chi connectivity index (χ1) is 22.9. The van der Waals surface area contributed by atoms with Crippen LogP contribution in [0.15, 0.2) is 72.8 Å². The predicted molar refractivity (Wildman–Crippen MR) is 162 cm³/mol. The van der Waals surface area contributed by atoms with Gasteiger partial charge in [0.15, 0.2) is 0 Å². The van der Waals surface area contributed by atoms with Gasteiger partial charge in [-0.3, -0.25) is 4.90 Å². The number of amides is 6. The summed E-state index contributed by atoms with van der Waals surface area (Å²) in [5.74, 6) is 0. The quantitative estimate of drug-likeness (QED) is 0.116. The van der Waals surface area contributed by atoms with Crippen molar-refractivity contribution in [3.05, 3.63) is 89.5 Å². The van der Waals surface area contributed by atoms with Crippen LogP contribution >= 0.6 is 0 Å². The molecule has 0 saturated heterocycles. The van der Waals surface area contributed by atoms with Crippen molar-refractivity contribution in [2.45, 2.75) is 18.5 Å². The van der Waals surface area contributed by atoms with Gasteiger partial charge in [-0.25, -0.2) is 14.4 Å². The molecule has 0 bridgehead atoms. The summed E-state index contributed by atoms with van der Waals surface area (Å²) in [6, 6.07) is 9.15. The average molecular weight is 708 g/mol. The van der Waals surface area contributed by atoms with Crippen LogP contribution < -0.4 is 31.9 Å². The zero-order valence-electron chi connectivity index (χ0n) is 25.2. The fourth-order valence-electron chi connectivity index (χ4n) is 4.07. The lowest BCUT2D eigenvalue weighted by molar-refractivity contribution is -0.138. The molecule has 0 fully saturated rings. The highest BCUT2D eigenvalue weighted by atomic mass is 19.4. The molecule has 0 aromatic heterocycles. The van der Waals surface area contributed by atoms with Gasteiger partial charge < -0.3 is 31.9 Å². The van der Waals surface area contributed by atoms with Crippen LogP contribution in [0.1, 0.15) is 16.7 Å². The molecule has 266 valence electrons. The third kappa shape index (κ3) is 13.4. The topological polar surface area (TPSA) is 127 Å².